The van der Waals surface area contributed by atoms with Gasteiger partial charge in [0.2, 0.25) is 0 Å². The zero-order valence-electron chi connectivity index (χ0n) is 18.0. The number of amides is 2. The first-order chi connectivity index (χ1) is 15.4. The molecule has 0 bridgehead atoms. The first kappa shape index (κ1) is 22.3. The number of hydrogen-bond acceptors (Lipinski definition) is 5. The molecule has 1 aliphatic rings. The van der Waals surface area contributed by atoms with Crippen molar-refractivity contribution in [3.05, 3.63) is 75.8 Å². The van der Waals surface area contributed by atoms with Gasteiger partial charge in [0, 0.05) is 37.9 Å². The Hall–Kier alpha value is -2.90. The van der Waals surface area contributed by atoms with Crippen molar-refractivity contribution in [2.45, 2.75) is 19.8 Å². The summed E-state index contributed by atoms with van der Waals surface area (Å²) in [7, 11) is 0. The van der Waals surface area contributed by atoms with Crippen LogP contribution in [-0.4, -0.2) is 47.9 Å². The maximum Gasteiger partial charge on any atom is 0.256 e. The Kier molecular flexibility index (Phi) is 6.77. The lowest BCUT2D eigenvalue weighted by Crippen LogP contribution is -2.49. The van der Waals surface area contributed by atoms with Crippen molar-refractivity contribution >= 4 is 45.6 Å². The molecule has 0 unspecified atom stereocenters. The van der Waals surface area contributed by atoms with Crippen LogP contribution in [0.1, 0.15) is 46.0 Å². The van der Waals surface area contributed by atoms with Crippen LogP contribution < -0.4 is 10.2 Å². The topological polar surface area (TPSA) is 65.5 Å². The minimum atomic E-state index is -0.213. The average molecular weight is 469 g/mol. The van der Waals surface area contributed by atoms with Gasteiger partial charge in [-0.2, -0.15) is 0 Å². The highest BCUT2D eigenvalue weighted by Crippen LogP contribution is 2.27. The molecule has 0 aliphatic carbocycles. The molecule has 0 spiro atoms. The smallest absolute Gasteiger partial charge is 0.256 e. The SMILES string of the molecule is CC(C)c1ccc(C(=O)Nc2sccc2C(=O)N2CCN(c3ccc(Cl)cn3)CC2)cc1. The number of carbonyl (C=O) groups is 2. The largest absolute Gasteiger partial charge is 0.353 e. The Morgan fingerprint density at radius 2 is 1.75 bits per heavy atom. The van der Waals surface area contributed by atoms with Gasteiger partial charge in [0.15, 0.2) is 0 Å². The summed E-state index contributed by atoms with van der Waals surface area (Å²) in [6.45, 7) is 6.78. The van der Waals surface area contributed by atoms with Gasteiger partial charge in [-0.1, -0.05) is 37.6 Å². The van der Waals surface area contributed by atoms with Gasteiger partial charge in [-0.25, -0.2) is 4.98 Å². The molecule has 1 N–H and O–H groups in total. The summed E-state index contributed by atoms with van der Waals surface area (Å²) in [6.07, 6.45) is 1.63. The fraction of sp³-hybridized carbons (Fsp3) is 0.292. The maximum absolute atomic E-state index is 13.1. The Labute approximate surface area is 196 Å². The molecule has 166 valence electrons. The highest BCUT2D eigenvalue weighted by molar-refractivity contribution is 7.14. The van der Waals surface area contributed by atoms with Crippen LogP contribution in [0.5, 0.6) is 0 Å². The summed E-state index contributed by atoms with van der Waals surface area (Å²) in [5.74, 6) is 0.980. The predicted octanol–water partition coefficient (Wildman–Crippen LogP) is 5.13. The normalized spacial score (nSPS) is 14.0. The van der Waals surface area contributed by atoms with Crippen molar-refractivity contribution in [2.75, 3.05) is 36.4 Å². The maximum atomic E-state index is 13.1. The standard InChI is InChI=1S/C24H25ClN4O2S/c1-16(2)17-3-5-18(6-4-17)22(30)27-23-20(9-14-32-23)24(31)29-12-10-28(11-13-29)21-8-7-19(25)15-26-21/h3-9,14-16H,10-13H2,1-2H3,(H,27,30). The number of nitrogens with zero attached hydrogens (tertiary/aromatic N) is 3. The van der Waals surface area contributed by atoms with Crippen molar-refractivity contribution in [2.24, 2.45) is 0 Å². The summed E-state index contributed by atoms with van der Waals surface area (Å²) in [5, 5.41) is 5.93. The minimum absolute atomic E-state index is 0.0691. The molecule has 1 aromatic carbocycles. The second-order valence-electron chi connectivity index (χ2n) is 8.01. The van der Waals surface area contributed by atoms with Crippen molar-refractivity contribution in [3.63, 3.8) is 0 Å². The number of thiophene rings is 1. The van der Waals surface area contributed by atoms with Crippen molar-refractivity contribution in [3.8, 4) is 0 Å². The third-order valence-corrected chi connectivity index (χ3v) is 6.62. The Morgan fingerprint density at radius 3 is 2.38 bits per heavy atom. The summed E-state index contributed by atoms with van der Waals surface area (Å²) in [4.78, 5) is 34.2. The van der Waals surface area contributed by atoms with Crippen LogP contribution in [0, 0.1) is 0 Å². The molecule has 8 heteroatoms. The lowest BCUT2D eigenvalue weighted by Gasteiger charge is -2.35. The number of nitrogens with one attached hydrogen (secondary N) is 1. The number of piperazine rings is 1. The number of halogens is 1. The molecule has 6 nitrogen and oxygen atoms in total. The molecular weight excluding hydrogens is 444 g/mol. The first-order valence-electron chi connectivity index (χ1n) is 10.6. The number of benzene rings is 1. The van der Waals surface area contributed by atoms with Crippen molar-refractivity contribution in [1.29, 1.82) is 0 Å². The summed E-state index contributed by atoms with van der Waals surface area (Å²) < 4.78 is 0. The molecule has 2 aromatic heterocycles. The molecule has 1 aliphatic heterocycles. The number of hydrogen-bond donors (Lipinski definition) is 1. The summed E-state index contributed by atoms with van der Waals surface area (Å²) in [5.41, 5.74) is 2.28. The zero-order valence-corrected chi connectivity index (χ0v) is 19.6. The first-order valence-corrected chi connectivity index (χ1v) is 11.8. The number of carbonyl (C=O) groups excluding carboxylic acids is 2. The van der Waals surface area contributed by atoms with E-state index in [0.717, 1.165) is 5.82 Å². The third-order valence-electron chi connectivity index (χ3n) is 5.56. The predicted molar refractivity (Wildman–Crippen MR) is 130 cm³/mol. The molecule has 3 aromatic rings. The Bertz CT molecular complexity index is 1090. The molecule has 1 saturated heterocycles. The van der Waals surface area contributed by atoms with E-state index in [1.165, 1.54) is 16.9 Å². The Morgan fingerprint density at radius 1 is 1.03 bits per heavy atom. The highest BCUT2D eigenvalue weighted by atomic mass is 35.5. The molecule has 3 heterocycles. The second kappa shape index (κ2) is 9.71. The lowest BCUT2D eigenvalue weighted by atomic mass is 10.0. The van der Waals surface area contributed by atoms with Crippen LogP contribution in [0.15, 0.2) is 54.0 Å². The van der Waals surface area contributed by atoms with E-state index in [-0.39, 0.29) is 11.8 Å². The number of anilines is 2. The van der Waals surface area contributed by atoms with Crippen LogP contribution in [0.3, 0.4) is 0 Å². The van der Waals surface area contributed by atoms with Crippen molar-refractivity contribution < 1.29 is 9.59 Å². The van der Waals surface area contributed by atoms with Gasteiger partial charge >= 0.3 is 0 Å². The molecule has 32 heavy (non-hydrogen) atoms. The van der Waals surface area contributed by atoms with E-state index in [1.807, 2.05) is 46.7 Å². The molecule has 0 radical (unpaired) electrons. The van der Waals surface area contributed by atoms with Gasteiger partial charge in [-0.3, -0.25) is 9.59 Å². The van der Waals surface area contributed by atoms with E-state index in [0.29, 0.717) is 53.2 Å². The summed E-state index contributed by atoms with van der Waals surface area (Å²) in [6, 6.07) is 13.1. The third kappa shape index (κ3) is 4.95. The molecule has 4 rings (SSSR count). The molecule has 2 amide bonds. The molecule has 0 saturated carbocycles. The second-order valence-corrected chi connectivity index (χ2v) is 9.36. The van der Waals surface area contributed by atoms with Crippen LogP contribution in [0.4, 0.5) is 10.8 Å². The average Bonchev–Trinajstić information content (AvgIpc) is 3.27. The fourth-order valence-electron chi connectivity index (χ4n) is 3.63. The van der Waals surface area contributed by atoms with Gasteiger partial charge in [0.05, 0.1) is 10.6 Å². The van der Waals surface area contributed by atoms with E-state index in [2.05, 4.69) is 29.0 Å². The molecule has 1 fully saturated rings. The Balaban J connectivity index is 1.39. The van der Waals surface area contributed by atoms with Crippen molar-refractivity contribution in [1.82, 2.24) is 9.88 Å². The number of aromatic nitrogens is 1. The van der Waals surface area contributed by atoms with Gasteiger partial charge < -0.3 is 15.1 Å². The lowest BCUT2D eigenvalue weighted by molar-refractivity contribution is 0.0748. The van der Waals surface area contributed by atoms with E-state index in [1.54, 1.807) is 12.3 Å². The van der Waals surface area contributed by atoms with Crippen LogP contribution in [0.25, 0.3) is 0 Å². The van der Waals surface area contributed by atoms with Gasteiger partial charge in [-0.05, 0) is 47.2 Å². The van der Waals surface area contributed by atoms with Crippen LogP contribution >= 0.6 is 22.9 Å². The zero-order chi connectivity index (χ0) is 22.7. The molecular formula is C24H25ClN4O2S. The minimum Gasteiger partial charge on any atom is -0.353 e. The number of pyridine rings is 1. The fourth-order valence-corrected chi connectivity index (χ4v) is 4.52. The van der Waals surface area contributed by atoms with E-state index >= 15 is 0 Å². The quantitative estimate of drug-likeness (QED) is 0.563. The molecule has 0 atom stereocenters. The van der Waals surface area contributed by atoms with Crippen LogP contribution in [0.2, 0.25) is 5.02 Å². The van der Waals surface area contributed by atoms with E-state index in [9.17, 15) is 9.59 Å². The van der Waals surface area contributed by atoms with Gasteiger partial charge in [0.1, 0.15) is 10.8 Å². The van der Waals surface area contributed by atoms with E-state index in [4.69, 9.17) is 11.6 Å². The monoisotopic (exact) mass is 468 g/mol. The van der Waals surface area contributed by atoms with Gasteiger partial charge in [-0.15, -0.1) is 11.3 Å². The van der Waals surface area contributed by atoms with E-state index < -0.39 is 0 Å². The summed E-state index contributed by atoms with van der Waals surface area (Å²) >= 11 is 7.28. The highest BCUT2D eigenvalue weighted by Gasteiger charge is 2.25. The van der Waals surface area contributed by atoms with Gasteiger partial charge in [0.25, 0.3) is 11.8 Å². The number of rotatable bonds is 5. The van der Waals surface area contributed by atoms with Crippen LogP contribution in [-0.2, 0) is 0 Å².